The van der Waals surface area contributed by atoms with E-state index < -0.39 is 0 Å². The van der Waals surface area contributed by atoms with Crippen molar-refractivity contribution in [3.63, 3.8) is 0 Å². The molecule has 0 saturated heterocycles. The quantitative estimate of drug-likeness (QED) is 0.759. The molecule has 3 aromatic rings. The molecule has 100 valence electrons. The van der Waals surface area contributed by atoms with Gasteiger partial charge in [0.05, 0.1) is 0 Å². The number of aryl methyl sites for hydroxylation is 1. The third-order valence-electron chi connectivity index (χ3n) is 2.88. The van der Waals surface area contributed by atoms with E-state index in [-0.39, 0.29) is 0 Å². The summed E-state index contributed by atoms with van der Waals surface area (Å²) in [5.41, 5.74) is 3.09. The number of H-pyrrole nitrogens is 1. The van der Waals surface area contributed by atoms with Gasteiger partial charge in [-0.3, -0.25) is 5.10 Å². The monoisotopic (exact) mass is 284 g/mol. The minimum atomic E-state index is 0.531. The number of anilines is 2. The van der Waals surface area contributed by atoms with Crippen molar-refractivity contribution in [3.8, 4) is 11.4 Å². The number of nitrogens with zero attached hydrogens (tertiary/aromatic N) is 2. The maximum absolute atomic E-state index is 5.85. The smallest absolute Gasteiger partial charge is 0.246 e. The maximum atomic E-state index is 5.85. The van der Waals surface area contributed by atoms with Gasteiger partial charge in [0, 0.05) is 16.3 Å². The number of hydrogen-bond donors (Lipinski definition) is 2. The third-order valence-corrected chi connectivity index (χ3v) is 3.13. The molecule has 4 nitrogen and oxygen atoms in total. The number of aromatic amines is 1. The van der Waals surface area contributed by atoms with Gasteiger partial charge in [-0.2, -0.15) is 4.98 Å². The van der Waals surface area contributed by atoms with E-state index >= 15 is 0 Å². The van der Waals surface area contributed by atoms with Crippen molar-refractivity contribution in [1.29, 1.82) is 0 Å². The van der Waals surface area contributed by atoms with Crippen LogP contribution in [-0.4, -0.2) is 15.2 Å². The molecule has 0 atom stereocenters. The minimum absolute atomic E-state index is 0.531. The largest absolute Gasteiger partial charge is 0.323 e. The SMILES string of the molecule is Cc1cccc(-c2nc(Nc3ccc(Cl)cc3)n[nH]2)c1. The van der Waals surface area contributed by atoms with Gasteiger partial charge in [-0.05, 0) is 37.3 Å². The highest BCUT2D eigenvalue weighted by atomic mass is 35.5. The van der Waals surface area contributed by atoms with E-state index in [0.717, 1.165) is 17.1 Å². The number of nitrogens with one attached hydrogen (secondary N) is 2. The second-order valence-electron chi connectivity index (χ2n) is 4.51. The van der Waals surface area contributed by atoms with Crippen molar-refractivity contribution in [2.24, 2.45) is 0 Å². The molecule has 0 bridgehead atoms. The summed E-state index contributed by atoms with van der Waals surface area (Å²) < 4.78 is 0. The van der Waals surface area contributed by atoms with E-state index in [4.69, 9.17) is 11.6 Å². The Labute approximate surface area is 121 Å². The molecule has 0 fully saturated rings. The highest BCUT2D eigenvalue weighted by molar-refractivity contribution is 6.30. The van der Waals surface area contributed by atoms with Crippen LogP contribution in [0.3, 0.4) is 0 Å². The molecule has 0 amide bonds. The van der Waals surface area contributed by atoms with Gasteiger partial charge in [-0.15, -0.1) is 5.10 Å². The van der Waals surface area contributed by atoms with Crippen molar-refractivity contribution < 1.29 is 0 Å². The number of aromatic nitrogens is 3. The van der Waals surface area contributed by atoms with E-state index in [1.165, 1.54) is 5.56 Å². The zero-order valence-electron chi connectivity index (χ0n) is 10.9. The molecule has 2 aromatic carbocycles. The molecule has 0 unspecified atom stereocenters. The van der Waals surface area contributed by atoms with Crippen molar-refractivity contribution in [2.75, 3.05) is 5.32 Å². The summed E-state index contributed by atoms with van der Waals surface area (Å²) in [4.78, 5) is 4.43. The molecular formula is C15H13ClN4. The van der Waals surface area contributed by atoms with Gasteiger partial charge in [0.1, 0.15) is 0 Å². The molecule has 0 spiro atoms. The van der Waals surface area contributed by atoms with Crippen molar-refractivity contribution in [2.45, 2.75) is 6.92 Å². The van der Waals surface area contributed by atoms with Gasteiger partial charge in [0.15, 0.2) is 5.82 Å². The lowest BCUT2D eigenvalue weighted by Crippen LogP contribution is -1.91. The zero-order chi connectivity index (χ0) is 13.9. The van der Waals surface area contributed by atoms with Crippen LogP contribution < -0.4 is 5.32 Å². The van der Waals surface area contributed by atoms with E-state index in [1.54, 1.807) is 0 Å². The Kier molecular flexibility index (Phi) is 3.39. The summed E-state index contributed by atoms with van der Waals surface area (Å²) in [6.07, 6.45) is 0. The van der Waals surface area contributed by atoms with Crippen LogP contribution in [-0.2, 0) is 0 Å². The van der Waals surface area contributed by atoms with Gasteiger partial charge in [-0.1, -0.05) is 35.4 Å². The molecule has 1 heterocycles. The molecule has 5 heteroatoms. The molecule has 0 aliphatic heterocycles. The summed E-state index contributed by atoms with van der Waals surface area (Å²) in [5, 5.41) is 10.9. The fourth-order valence-corrected chi connectivity index (χ4v) is 2.03. The second-order valence-corrected chi connectivity index (χ2v) is 4.95. The van der Waals surface area contributed by atoms with Gasteiger partial charge >= 0.3 is 0 Å². The van der Waals surface area contributed by atoms with E-state index in [1.807, 2.05) is 49.4 Å². The molecule has 0 aliphatic carbocycles. The lowest BCUT2D eigenvalue weighted by molar-refractivity contribution is 1.10. The molecule has 2 N–H and O–H groups in total. The van der Waals surface area contributed by atoms with Crippen LogP contribution in [0.2, 0.25) is 5.02 Å². The normalized spacial score (nSPS) is 10.5. The van der Waals surface area contributed by atoms with Crippen molar-refractivity contribution in [1.82, 2.24) is 15.2 Å². The number of benzene rings is 2. The molecule has 0 radical (unpaired) electrons. The van der Waals surface area contributed by atoms with E-state index in [2.05, 4.69) is 26.6 Å². The number of hydrogen-bond acceptors (Lipinski definition) is 3. The van der Waals surface area contributed by atoms with Crippen LogP contribution >= 0.6 is 11.6 Å². The topological polar surface area (TPSA) is 53.6 Å². The first-order valence-corrected chi connectivity index (χ1v) is 6.60. The van der Waals surface area contributed by atoms with Crippen molar-refractivity contribution in [3.05, 3.63) is 59.1 Å². The summed E-state index contributed by atoms with van der Waals surface area (Å²) in [6, 6.07) is 15.5. The van der Waals surface area contributed by atoms with Gasteiger partial charge in [0.2, 0.25) is 5.95 Å². The lowest BCUT2D eigenvalue weighted by atomic mass is 10.1. The molecular weight excluding hydrogens is 272 g/mol. The average molecular weight is 285 g/mol. The van der Waals surface area contributed by atoms with Gasteiger partial charge in [0.25, 0.3) is 0 Å². The van der Waals surface area contributed by atoms with Crippen LogP contribution in [0.25, 0.3) is 11.4 Å². The first-order valence-electron chi connectivity index (χ1n) is 6.23. The van der Waals surface area contributed by atoms with Crippen LogP contribution in [0.5, 0.6) is 0 Å². The van der Waals surface area contributed by atoms with E-state index in [9.17, 15) is 0 Å². The Morgan fingerprint density at radius 1 is 1.10 bits per heavy atom. The molecule has 0 saturated carbocycles. The first kappa shape index (κ1) is 12.7. The van der Waals surface area contributed by atoms with Crippen molar-refractivity contribution >= 4 is 23.2 Å². The predicted molar refractivity (Wildman–Crippen MR) is 81.3 cm³/mol. The van der Waals surface area contributed by atoms with Crippen LogP contribution in [0, 0.1) is 6.92 Å². The summed E-state index contributed by atoms with van der Waals surface area (Å²) in [5.74, 6) is 1.27. The molecule has 0 aliphatic rings. The van der Waals surface area contributed by atoms with Gasteiger partial charge in [-0.25, -0.2) is 0 Å². The standard InChI is InChI=1S/C15H13ClN4/c1-10-3-2-4-11(9-10)14-18-15(20-19-14)17-13-7-5-12(16)6-8-13/h2-9H,1H3,(H2,17,18,19,20). The Hall–Kier alpha value is -2.33. The summed E-state index contributed by atoms with van der Waals surface area (Å²) in [6.45, 7) is 2.05. The Bertz CT molecular complexity index is 719. The molecule has 3 rings (SSSR count). The molecule has 1 aromatic heterocycles. The molecule has 20 heavy (non-hydrogen) atoms. The summed E-state index contributed by atoms with van der Waals surface area (Å²) in [7, 11) is 0. The number of halogens is 1. The van der Waals surface area contributed by atoms with E-state index in [0.29, 0.717) is 11.0 Å². The minimum Gasteiger partial charge on any atom is -0.323 e. The third kappa shape index (κ3) is 2.81. The first-order chi connectivity index (χ1) is 9.70. The highest BCUT2D eigenvalue weighted by Gasteiger charge is 2.05. The Balaban J connectivity index is 1.82. The van der Waals surface area contributed by atoms with Crippen LogP contribution in [0.15, 0.2) is 48.5 Å². The Morgan fingerprint density at radius 3 is 2.65 bits per heavy atom. The fourth-order valence-electron chi connectivity index (χ4n) is 1.90. The number of rotatable bonds is 3. The maximum Gasteiger partial charge on any atom is 0.246 e. The fraction of sp³-hybridized carbons (Fsp3) is 0.0667. The van der Waals surface area contributed by atoms with Gasteiger partial charge < -0.3 is 5.32 Å². The lowest BCUT2D eigenvalue weighted by Gasteiger charge is -2.00. The Morgan fingerprint density at radius 2 is 1.90 bits per heavy atom. The average Bonchev–Trinajstić information content (AvgIpc) is 2.90. The summed E-state index contributed by atoms with van der Waals surface area (Å²) >= 11 is 5.85. The second kappa shape index (κ2) is 5.35. The predicted octanol–water partition coefficient (Wildman–Crippen LogP) is 4.18. The zero-order valence-corrected chi connectivity index (χ0v) is 11.6. The highest BCUT2D eigenvalue weighted by Crippen LogP contribution is 2.20. The van der Waals surface area contributed by atoms with Crippen LogP contribution in [0.4, 0.5) is 11.6 Å². The van der Waals surface area contributed by atoms with Crippen LogP contribution in [0.1, 0.15) is 5.56 Å².